The van der Waals surface area contributed by atoms with E-state index in [1.807, 2.05) is 72.4 Å². The highest BCUT2D eigenvalue weighted by Crippen LogP contribution is 2.26. The number of aromatic amines is 1. The molecule has 1 fully saturated rings. The van der Waals surface area contributed by atoms with Gasteiger partial charge < -0.3 is 15.5 Å². The summed E-state index contributed by atoms with van der Waals surface area (Å²) in [5.74, 6) is 0.747. The van der Waals surface area contributed by atoms with Gasteiger partial charge in [0.15, 0.2) is 5.82 Å². The van der Waals surface area contributed by atoms with Crippen LogP contribution in [0.5, 0.6) is 0 Å². The summed E-state index contributed by atoms with van der Waals surface area (Å²) in [7, 11) is 2.11. The van der Waals surface area contributed by atoms with E-state index < -0.39 is 0 Å². The number of hydrogen-bond donors (Lipinski definition) is 3. The normalized spacial score (nSPS) is 14.7. The molecule has 3 heterocycles. The number of H-pyrrole nitrogens is 1. The van der Waals surface area contributed by atoms with Crippen LogP contribution in [0.2, 0.25) is 0 Å². The van der Waals surface area contributed by atoms with Crippen LogP contribution in [0, 0.1) is 6.92 Å². The van der Waals surface area contributed by atoms with Crippen LogP contribution in [0.4, 0.5) is 17.2 Å². The van der Waals surface area contributed by atoms with Crippen LogP contribution in [0.25, 0.3) is 16.9 Å². The lowest BCUT2D eigenvalue weighted by molar-refractivity contribution is -0.117. The number of amides is 1. The molecule has 0 saturated carbocycles. The molecule has 2 aromatic heterocycles. The number of nitrogens with one attached hydrogen (secondary N) is 3. The van der Waals surface area contributed by atoms with Crippen molar-refractivity contribution in [1.82, 2.24) is 29.8 Å². The zero-order chi connectivity index (χ0) is 24.2. The van der Waals surface area contributed by atoms with Gasteiger partial charge in [0.1, 0.15) is 0 Å². The minimum Gasteiger partial charge on any atom is -0.339 e. The molecule has 0 spiro atoms. The molecule has 2 aromatic carbocycles. The number of aryl methyl sites for hydroxylation is 1. The molecule has 0 atom stereocenters. The van der Waals surface area contributed by atoms with Crippen LogP contribution in [0.3, 0.4) is 0 Å². The van der Waals surface area contributed by atoms with E-state index in [0.717, 1.165) is 65.9 Å². The first-order chi connectivity index (χ1) is 17.0. The fourth-order valence-corrected chi connectivity index (χ4v) is 4.18. The van der Waals surface area contributed by atoms with Crippen molar-refractivity contribution in [2.45, 2.75) is 6.92 Å². The number of likely N-dealkylation sites (N-methyl/N-ethyl adjacent to an activating group) is 1. The van der Waals surface area contributed by atoms with Crippen LogP contribution < -0.4 is 10.6 Å². The Morgan fingerprint density at radius 1 is 1.06 bits per heavy atom. The SMILES string of the molecule is Cc1cc(NC(=O)CN2CCN(C)CC2)ccc1Nc1cc(-c2ccc(-n3cccn3)cc2)[nH]n1. The molecular formula is C26H30N8O. The lowest BCUT2D eigenvalue weighted by atomic mass is 10.1. The lowest BCUT2D eigenvalue weighted by Gasteiger charge is -2.31. The summed E-state index contributed by atoms with van der Waals surface area (Å²) >= 11 is 0. The summed E-state index contributed by atoms with van der Waals surface area (Å²) < 4.78 is 1.82. The predicted molar refractivity (Wildman–Crippen MR) is 138 cm³/mol. The van der Waals surface area contributed by atoms with E-state index in [-0.39, 0.29) is 5.91 Å². The number of hydrogen-bond acceptors (Lipinski definition) is 6. The molecule has 1 amide bonds. The van der Waals surface area contributed by atoms with Crippen molar-refractivity contribution < 1.29 is 4.79 Å². The van der Waals surface area contributed by atoms with Gasteiger partial charge in [-0.25, -0.2) is 4.68 Å². The quantitative estimate of drug-likeness (QED) is 0.383. The minimum absolute atomic E-state index is 0.0187. The number of nitrogens with zero attached hydrogens (tertiary/aromatic N) is 5. The molecule has 4 aromatic rings. The van der Waals surface area contributed by atoms with E-state index in [2.05, 4.69) is 42.8 Å². The summed E-state index contributed by atoms with van der Waals surface area (Å²) in [6.07, 6.45) is 3.68. The van der Waals surface area contributed by atoms with Crippen molar-refractivity contribution in [3.05, 3.63) is 72.6 Å². The van der Waals surface area contributed by atoms with E-state index in [1.165, 1.54) is 0 Å². The van der Waals surface area contributed by atoms with Gasteiger partial charge in [-0.15, -0.1) is 0 Å². The lowest BCUT2D eigenvalue weighted by Crippen LogP contribution is -2.47. The maximum atomic E-state index is 12.5. The van der Waals surface area contributed by atoms with E-state index in [0.29, 0.717) is 6.54 Å². The molecular weight excluding hydrogens is 440 g/mol. The Kier molecular flexibility index (Phi) is 6.60. The largest absolute Gasteiger partial charge is 0.339 e. The highest BCUT2D eigenvalue weighted by molar-refractivity contribution is 5.92. The molecule has 5 rings (SSSR count). The van der Waals surface area contributed by atoms with Gasteiger partial charge in [0.2, 0.25) is 5.91 Å². The maximum absolute atomic E-state index is 12.5. The number of anilines is 3. The molecule has 0 aliphatic carbocycles. The molecule has 0 radical (unpaired) electrons. The number of carbonyl (C=O) groups is 1. The van der Waals surface area contributed by atoms with Gasteiger partial charge in [0.25, 0.3) is 0 Å². The van der Waals surface area contributed by atoms with Gasteiger partial charge in [-0.05, 0) is 61.5 Å². The Morgan fingerprint density at radius 2 is 1.86 bits per heavy atom. The molecule has 3 N–H and O–H groups in total. The molecule has 35 heavy (non-hydrogen) atoms. The summed E-state index contributed by atoms with van der Waals surface area (Å²) in [5, 5.41) is 18.2. The van der Waals surface area contributed by atoms with Gasteiger partial charge in [-0.2, -0.15) is 10.2 Å². The van der Waals surface area contributed by atoms with Gasteiger partial charge in [-0.3, -0.25) is 14.8 Å². The molecule has 180 valence electrons. The zero-order valence-electron chi connectivity index (χ0n) is 20.0. The third-order valence-corrected chi connectivity index (χ3v) is 6.26. The van der Waals surface area contributed by atoms with Crippen LogP contribution in [0.1, 0.15) is 5.56 Å². The van der Waals surface area contributed by atoms with Crippen LogP contribution in [-0.2, 0) is 4.79 Å². The monoisotopic (exact) mass is 470 g/mol. The van der Waals surface area contributed by atoms with E-state index >= 15 is 0 Å². The van der Waals surface area contributed by atoms with E-state index in [9.17, 15) is 4.79 Å². The summed E-state index contributed by atoms with van der Waals surface area (Å²) in [5.41, 5.74) is 5.72. The van der Waals surface area contributed by atoms with Gasteiger partial charge in [0, 0.05) is 56.0 Å². The van der Waals surface area contributed by atoms with Crippen LogP contribution in [-0.4, -0.2) is 75.5 Å². The predicted octanol–water partition coefficient (Wildman–Crippen LogP) is 3.50. The highest BCUT2D eigenvalue weighted by Gasteiger charge is 2.16. The third kappa shape index (κ3) is 5.59. The van der Waals surface area contributed by atoms with Crippen molar-refractivity contribution in [3.8, 4) is 16.9 Å². The number of piperazine rings is 1. The van der Waals surface area contributed by atoms with E-state index in [1.54, 1.807) is 6.20 Å². The Balaban J connectivity index is 1.19. The summed E-state index contributed by atoms with van der Waals surface area (Å²) in [6, 6.07) is 17.9. The highest BCUT2D eigenvalue weighted by atomic mass is 16.2. The number of benzene rings is 2. The minimum atomic E-state index is 0.0187. The van der Waals surface area contributed by atoms with Crippen LogP contribution in [0.15, 0.2) is 67.0 Å². The topological polar surface area (TPSA) is 94.1 Å². The summed E-state index contributed by atoms with van der Waals surface area (Å²) in [6.45, 7) is 6.28. The van der Waals surface area contributed by atoms with Gasteiger partial charge in [0.05, 0.1) is 17.9 Å². The second-order valence-corrected chi connectivity index (χ2v) is 8.95. The number of rotatable bonds is 7. The van der Waals surface area contributed by atoms with Crippen molar-refractivity contribution in [2.24, 2.45) is 0 Å². The smallest absolute Gasteiger partial charge is 0.238 e. The molecule has 9 nitrogen and oxygen atoms in total. The van der Waals surface area contributed by atoms with E-state index in [4.69, 9.17) is 0 Å². The molecule has 9 heteroatoms. The van der Waals surface area contributed by atoms with Crippen molar-refractivity contribution >= 4 is 23.1 Å². The standard InChI is InChI=1S/C26H30N8O/c1-19-16-21(28-26(35)18-33-14-12-32(2)13-15-33)6-9-23(19)29-25-17-24(30-31-25)20-4-7-22(8-5-20)34-11-3-10-27-34/h3-11,16-17H,12-15,18H2,1-2H3,(H,28,35)(H2,29,30,31). The molecule has 1 aliphatic rings. The first kappa shape index (κ1) is 22.8. The first-order valence-corrected chi connectivity index (χ1v) is 11.8. The maximum Gasteiger partial charge on any atom is 0.238 e. The fourth-order valence-electron chi connectivity index (χ4n) is 4.18. The second kappa shape index (κ2) is 10.1. The summed E-state index contributed by atoms with van der Waals surface area (Å²) in [4.78, 5) is 16.9. The van der Waals surface area contributed by atoms with Crippen molar-refractivity contribution in [1.29, 1.82) is 0 Å². The Bertz CT molecular complexity index is 1270. The van der Waals surface area contributed by atoms with Crippen LogP contribution >= 0.6 is 0 Å². The Hall–Kier alpha value is -3.95. The average molecular weight is 471 g/mol. The van der Waals surface area contributed by atoms with Crippen molar-refractivity contribution in [2.75, 3.05) is 50.4 Å². The molecule has 0 bridgehead atoms. The first-order valence-electron chi connectivity index (χ1n) is 11.8. The third-order valence-electron chi connectivity index (χ3n) is 6.26. The second-order valence-electron chi connectivity index (χ2n) is 8.95. The Labute approximate surface area is 204 Å². The Morgan fingerprint density at radius 3 is 2.57 bits per heavy atom. The zero-order valence-corrected chi connectivity index (χ0v) is 20.0. The van der Waals surface area contributed by atoms with Gasteiger partial charge >= 0.3 is 0 Å². The molecule has 1 aliphatic heterocycles. The number of aromatic nitrogens is 4. The average Bonchev–Trinajstić information content (AvgIpc) is 3.55. The van der Waals surface area contributed by atoms with Gasteiger partial charge in [-0.1, -0.05) is 12.1 Å². The fraction of sp³-hybridized carbons (Fsp3) is 0.269. The molecule has 1 saturated heterocycles. The number of carbonyl (C=O) groups excluding carboxylic acids is 1. The van der Waals surface area contributed by atoms with Crippen molar-refractivity contribution in [3.63, 3.8) is 0 Å². The molecule has 0 unspecified atom stereocenters.